The minimum absolute atomic E-state index is 0.00997. The molecule has 1 fully saturated rings. The molecule has 1 amide bonds. The smallest absolute Gasteiger partial charge is 0.339 e. The van der Waals surface area contributed by atoms with E-state index in [1.807, 2.05) is 50.2 Å². The maximum Gasteiger partial charge on any atom is 0.339 e. The first-order chi connectivity index (χ1) is 14.5. The first kappa shape index (κ1) is 18.7. The van der Waals surface area contributed by atoms with E-state index in [0.29, 0.717) is 23.6 Å². The molecular formula is C25H23NO4. The lowest BCUT2D eigenvalue weighted by molar-refractivity contribution is -0.121. The highest BCUT2D eigenvalue weighted by Crippen LogP contribution is 2.37. The second-order valence-electron chi connectivity index (χ2n) is 8.11. The zero-order chi connectivity index (χ0) is 20.8. The van der Waals surface area contributed by atoms with Crippen molar-refractivity contribution < 1.29 is 13.6 Å². The summed E-state index contributed by atoms with van der Waals surface area (Å²) in [6.07, 6.45) is 4.51. The molecule has 0 spiro atoms. The molecule has 1 aliphatic carbocycles. The number of rotatable bonds is 5. The Hall–Kier alpha value is -3.34. The largest absolute Gasteiger partial charge is 0.463 e. The molecular weight excluding hydrogens is 378 g/mol. The van der Waals surface area contributed by atoms with Gasteiger partial charge in [0, 0.05) is 39.9 Å². The number of fused-ring (bicyclic) bond motifs is 2. The Balaban J connectivity index is 1.61. The van der Waals surface area contributed by atoms with Gasteiger partial charge in [0.05, 0.1) is 6.26 Å². The van der Waals surface area contributed by atoms with Crippen LogP contribution < -0.4 is 10.9 Å². The van der Waals surface area contributed by atoms with Crippen LogP contribution in [0, 0.1) is 13.8 Å². The van der Waals surface area contributed by atoms with Gasteiger partial charge in [-0.05, 0) is 50.3 Å². The highest BCUT2D eigenvalue weighted by Gasteiger charge is 2.24. The normalized spacial score (nSPS) is 13.8. The third-order valence-electron chi connectivity index (χ3n) is 5.97. The molecule has 0 aliphatic heterocycles. The van der Waals surface area contributed by atoms with E-state index in [4.69, 9.17) is 8.83 Å². The van der Waals surface area contributed by atoms with Gasteiger partial charge in [0.2, 0.25) is 5.91 Å². The van der Waals surface area contributed by atoms with Gasteiger partial charge in [0.25, 0.3) is 0 Å². The Kier molecular flexibility index (Phi) is 4.46. The molecule has 4 aromatic rings. The van der Waals surface area contributed by atoms with Crippen molar-refractivity contribution in [3.05, 3.63) is 69.8 Å². The van der Waals surface area contributed by atoms with Crippen LogP contribution in [0.4, 0.5) is 0 Å². The summed E-state index contributed by atoms with van der Waals surface area (Å²) >= 11 is 0. The number of nitrogens with one attached hydrogen (secondary N) is 1. The third kappa shape index (κ3) is 3.20. The van der Waals surface area contributed by atoms with Crippen molar-refractivity contribution in [1.29, 1.82) is 0 Å². The topological polar surface area (TPSA) is 72.5 Å². The molecule has 1 saturated carbocycles. The number of hydrogen-bond donors (Lipinski definition) is 1. The van der Waals surface area contributed by atoms with Crippen molar-refractivity contribution in [2.24, 2.45) is 0 Å². The van der Waals surface area contributed by atoms with Gasteiger partial charge in [-0.25, -0.2) is 4.79 Å². The van der Waals surface area contributed by atoms with Crippen LogP contribution in [0.25, 0.3) is 33.1 Å². The van der Waals surface area contributed by atoms with Gasteiger partial charge in [-0.1, -0.05) is 30.3 Å². The van der Waals surface area contributed by atoms with Gasteiger partial charge >= 0.3 is 5.63 Å². The monoisotopic (exact) mass is 401 g/mol. The Morgan fingerprint density at radius 2 is 1.83 bits per heavy atom. The molecule has 2 aromatic heterocycles. The lowest BCUT2D eigenvalue weighted by atomic mass is 9.97. The fourth-order valence-corrected chi connectivity index (χ4v) is 4.09. The molecule has 1 aliphatic rings. The summed E-state index contributed by atoms with van der Waals surface area (Å²) < 4.78 is 11.6. The summed E-state index contributed by atoms with van der Waals surface area (Å²) in [5, 5.41) is 4.84. The number of aryl methyl sites for hydroxylation is 2. The molecule has 0 bridgehead atoms. The van der Waals surface area contributed by atoms with Gasteiger partial charge < -0.3 is 14.2 Å². The summed E-state index contributed by atoms with van der Waals surface area (Å²) in [7, 11) is 0. The van der Waals surface area contributed by atoms with Crippen LogP contribution >= 0.6 is 0 Å². The van der Waals surface area contributed by atoms with E-state index in [1.165, 1.54) is 0 Å². The lowest BCUT2D eigenvalue weighted by Gasteiger charge is -2.10. The summed E-state index contributed by atoms with van der Waals surface area (Å²) in [4.78, 5) is 24.8. The van der Waals surface area contributed by atoms with Crippen molar-refractivity contribution >= 4 is 27.8 Å². The number of benzene rings is 2. The van der Waals surface area contributed by atoms with Crippen LogP contribution in [-0.2, 0) is 11.2 Å². The molecule has 5 rings (SSSR count). The zero-order valence-electron chi connectivity index (χ0n) is 17.1. The molecule has 1 N–H and O–H groups in total. The average Bonchev–Trinajstić information content (AvgIpc) is 3.45. The second-order valence-corrected chi connectivity index (χ2v) is 8.11. The summed E-state index contributed by atoms with van der Waals surface area (Å²) in [6, 6.07) is 12.4. The molecule has 2 heterocycles. The summed E-state index contributed by atoms with van der Waals surface area (Å²) in [5.74, 6) is -0.00997. The van der Waals surface area contributed by atoms with E-state index in [2.05, 4.69) is 5.32 Å². The first-order valence-corrected chi connectivity index (χ1v) is 10.3. The van der Waals surface area contributed by atoms with Crippen LogP contribution in [0.1, 0.15) is 36.0 Å². The standard InChI is InChI=1S/C25H23NO4/c1-14-18(10-11-22(27)26-17-8-9-17)25(28)30-24-15(2)23-20(12-19(14)24)21(13-29-23)16-6-4-3-5-7-16/h3-7,12-13,17H,8-11H2,1-2H3,(H,26,27). The van der Waals surface area contributed by atoms with Crippen molar-refractivity contribution in [2.75, 3.05) is 0 Å². The Bertz CT molecular complexity index is 1330. The fraction of sp³-hybridized carbons (Fsp3) is 0.280. The van der Waals surface area contributed by atoms with Crippen molar-refractivity contribution in [2.45, 2.75) is 45.6 Å². The minimum Gasteiger partial charge on any atom is -0.463 e. The number of furan rings is 1. The van der Waals surface area contributed by atoms with Crippen LogP contribution in [-0.4, -0.2) is 11.9 Å². The van der Waals surface area contributed by atoms with E-state index in [9.17, 15) is 9.59 Å². The van der Waals surface area contributed by atoms with E-state index < -0.39 is 0 Å². The molecule has 0 unspecified atom stereocenters. The lowest BCUT2D eigenvalue weighted by Crippen LogP contribution is -2.26. The van der Waals surface area contributed by atoms with Crippen LogP contribution in [0.2, 0.25) is 0 Å². The van der Waals surface area contributed by atoms with Crippen LogP contribution in [0.3, 0.4) is 0 Å². The van der Waals surface area contributed by atoms with Crippen molar-refractivity contribution in [3.8, 4) is 11.1 Å². The van der Waals surface area contributed by atoms with Crippen molar-refractivity contribution in [1.82, 2.24) is 5.32 Å². The number of carbonyl (C=O) groups is 1. The molecule has 5 heteroatoms. The molecule has 2 aromatic carbocycles. The molecule has 5 nitrogen and oxygen atoms in total. The highest BCUT2D eigenvalue weighted by molar-refractivity contribution is 6.04. The predicted octanol–water partition coefficient (Wildman–Crippen LogP) is 5.03. The van der Waals surface area contributed by atoms with Crippen LogP contribution in [0.5, 0.6) is 0 Å². The predicted molar refractivity (Wildman–Crippen MR) is 117 cm³/mol. The van der Waals surface area contributed by atoms with Gasteiger partial charge in [0.15, 0.2) is 0 Å². The van der Waals surface area contributed by atoms with E-state index in [1.54, 1.807) is 6.26 Å². The average molecular weight is 401 g/mol. The molecule has 0 saturated heterocycles. The summed E-state index contributed by atoms with van der Waals surface area (Å²) in [5.41, 5.74) is 5.21. The number of hydrogen-bond acceptors (Lipinski definition) is 4. The SMILES string of the molecule is Cc1c(CCC(=O)NC2CC2)c(=O)oc2c(C)c3occ(-c4ccccc4)c3cc12. The third-order valence-corrected chi connectivity index (χ3v) is 5.97. The van der Waals surface area contributed by atoms with E-state index >= 15 is 0 Å². The molecule has 0 radical (unpaired) electrons. The Labute approximate surface area is 173 Å². The fourth-order valence-electron chi connectivity index (χ4n) is 4.09. The van der Waals surface area contributed by atoms with Gasteiger partial charge in [-0.2, -0.15) is 0 Å². The van der Waals surface area contributed by atoms with Gasteiger partial charge in [-0.15, -0.1) is 0 Å². The second kappa shape index (κ2) is 7.17. The molecule has 152 valence electrons. The highest BCUT2D eigenvalue weighted by atomic mass is 16.4. The summed E-state index contributed by atoms with van der Waals surface area (Å²) in [6.45, 7) is 3.84. The van der Waals surface area contributed by atoms with E-state index in [0.717, 1.165) is 51.5 Å². The van der Waals surface area contributed by atoms with Crippen molar-refractivity contribution in [3.63, 3.8) is 0 Å². The minimum atomic E-state index is -0.378. The molecule has 30 heavy (non-hydrogen) atoms. The van der Waals surface area contributed by atoms with Gasteiger partial charge in [0.1, 0.15) is 11.2 Å². The quantitative estimate of drug-likeness (QED) is 0.476. The van der Waals surface area contributed by atoms with Gasteiger partial charge in [-0.3, -0.25) is 4.79 Å². The van der Waals surface area contributed by atoms with E-state index in [-0.39, 0.29) is 18.0 Å². The maximum absolute atomic E-state index is 12.7. The Morgan fingerprint density at radius 3 is 2.57 bits per heavy atom. The molecule has 0 atom stereocenters. The zero-order valence-corrected chi connectivity index (χ0v) is 17.1. The maximum atomic E-state index is 12.7. The van der Waals surface area contributed by atoms with Crippen LogP contribution in [0.15, 0.2) is 56.3 Å². The first-order valence-electron chi connectivity index (χ1n) is 10.3. The number of carbonyl (C=O) groups excluding carboxylic acids is 1. The number of amides is 1. The Morgan fingerprint density at radius 1 is 1.07 bits per heavy atom.